The molecule has 3 nitrogen and oxygen atoms in total. The number of carbonyl (C=O) groups is 1. The van der Waals surface area contributed by atoms with Crippen molar-refractivity contribution in [2.45, 2.75) is 12.8 Å². The minimum atomic E-state index is -0.0306. The molecule has 80 valence electrons. The second kappa shape index (κ2) is 4.50. The lowest BCUT2D eigenvalue weighted by Gasteiger charge is -2.17. The summed E-state index contributed by atoms with van der Waals surface area (Å²) >= 11 is 3.35. The van der Waals surface area contributed by atoms with Crippen molar-refractivity contribution in [1.29, 1.82) is 5.26 Å². The maximum atomic E-state index is 11.3. The van der Waals surface area contributed by atoms with Crippen molar-refractivity contribution >= 4 is 27.5 Å². The van der Waals surface area contributed by atoms with E-state index in [1.165, 1.54) is 0 Å². The molecule has 0 spiro atoms. The molecule has 1 N–H and O–H groups in total. The van der Waals surface area contributed by atoms with Crippen LogP contribution in [-0.2, 0) is 4.79 Å². The molecule has 1 aromatic carbocycles. The number of benzene rings is 1. The summed E-state index contributed by atoms with van der Waals surface area (Å²) < 4.78 is 0.970. The van der Waals surface area contributed by atoms with E-state index in [0.29, 0.717) is 24.1 Å². The van der Waals surface area contributed by atoms with Crippen LogP contribution in [0.1, 0.15) is 18.4 Å². The normalized spacial score (nSPS) is 15.6. The van der Waals surface area contributed by atoms with Crippen molar-refractivity contribution < 1.29 is 4.79 Å². The van der Waals surface area contributed by atoms with Gasteiger partial charge in [-0.2, -0.15) is 5.26 Å². The summed E-state index contributed by atoms with van der Waals surface area (Å²) in [6.45, 7) is 0. The first-order valence-corrected chi connectivity index (χ1v) is 5.69. The molecule has 0 radical (unpaired) electrons. The molecule has 0 fully saturated rings. The van der Waals surface area contributed by atoms with Gasteiger partial charge in [-0.25, -0.2) is 0 Å². The number of nitrogens with one attached hydrogen (secondary N) is 1. The third-order valence-corrected chi connectivity index (χ3v) is 2.96. The molecule has 0 aliphatic carbocycles. The number of rotatable bonds is 1. The SMILES string of the molecule is N#CC1=C(c2ccc(Br)cc2)NC(=O)CC1. The van der Waals surface area contributed by atoms with Gasteiger partial charge in [0.2, 0.25) is 5.91 Å². The molecule has 16 heavy (non-hydrogen) atoms. The number of amides is 1. The number of hydrogen-bond donors (Lipinski definition) is 1. The summed E-state index contributed by atoms with van der Waals surface area (Å²) in [5.74, 6) is -0.0306. The molecular weight excluding hydrogens is 268 g/mol. The maximum Gasteiger partial charge on any atom is 0.224 e. The fraction of sp³-hybridized carbons (Fsp3) is 0.167. The minimum absolute atomic E-state index is 0.0306. The smallest absolute Gasteiger partial charge is 0.224 e. The highest BCUT2D eigenvalue weighted by Crippen LogP contribution is 2.24. The van der Waals surface area contributed by atoms with E-state index in [9.17, 15) is 4.79 Å². The van der Waals surface area contributed by atoms with Crippen molar-refractivity contribution in [2.75, 3.05) is 0 Å². The van der Waals surface area contributed by atoms with E-state index < -0.39 is 0 Å². The molecule has 0 aromatic heterocycles. The summed E-state index contributed by atoms with van der Waals surface area (Å²) in [5.41, 5.74) is 2.15. The fourth-order valence-corrected chi connectivity index (χ4v) is 1.88. The molecule has 1 aliphatic heterocycles. The molecule has 0 saturated carbocycles. The number of nitrogens with zero attached hydrogens (tertiary/aromatic N) is 1. The predicted molar refractivity (Wildman–Crippen MR) is 64.1 cm³/mol. The van der Waals surface area contributed by atoms with Crippen molar-refractivity contribution in [3.63, 3.8) is 0 Å². The number of hydrogen-bond acceptors (Lipinski definition) is 2. The molecule has 1 amide bonds. The second-order valence-electron chi connectivity index (χ2n) is 3.52. The van der Waals surface area contributed by atoms with Gasteiger partial charge in [0, 0.05) is 10.9 Å². The van der Waals surface area contributed by atoms with Crippen LogP contribution in [0.4, 0.5) is 0 Å². The lowest BCUT2D eigenvalue weighted by molar-refractivity contribution is -0.120. The van der Waals surface area contributed by atoms with Gasteiger partial charge in [-0.15, -0.1) is 0 Å². The molecule has 0 atom stereocenters. The Balaban J connectivity index is 2.44. The van der Waals surface area contributed by atoms with Crippen LogP contribution in [0, 0.1) is 11.3 Å². The highest BCUT2D eigenvalue weighted by Gasteiger charge is 2.18. The minimum Gasteiger partial charge on any atom is -0.325 e. The zero-order valence-corrected chi connectivity index (χ0v) is 10.0. The van der Waals surface area contributed by atoms with Crippen LogP contribution in [0.25, 0.3) is 5.70 Å². The van der Waals surface area contributed by atoms with Crippen molar-refractivity contribution in [3.05, 3.63) is 39.9 Å². The average Bonchev–Trinajstić information content (AvgIpc) is 2.30. The van der Waals surface area contributed by atoms with Gasteiger partial charge in [-0.1, -0.05) is 28.1 Å². The van der Waals surface area contributed by atoms with E-state index in [2.05, 4.69) is 27.3 Å². The van der Waals surface area contributed by atoms with Gasteiger partial charge in [0.05, 0.1) is 17.3 Å². The molecule has 1 heterocycles. The average molecular weight is 277 g/mol. The molecule has 0 bridgehead atoms. The van der Waals surface area contributed by atoms with Crippen LogP contribution in [0.2, 0.25) is 0 Å². The Labute approximate surface area is 102 Å². The van der Waals surface area contributed by atoms with Gasteiger partial charge in [0.15, 0.2) is 0 Å². The van der Waals surface area contributed by atoms with E-state index in [1.54, 1.807) is 0 Å². The van der Waals surface area contributed by atoms with Gasteiger partial charge in [-0.05, 0) is 24.1 Å². The molecule has 0 saturated heterocycles. The van der Waals surface area contributed by atoms with Crippen LogP contribution in [-0.4, -0.2) is 5.91 Å². The highest BCUT2D eigenvalue weighted by atomic mass is 79.9. The first-order valence-electron chi connectivity index (χ1n) is 4.90. The Morgan fingerprint density at radius 1 is 1.25 bits per heavy atom. The summed E-state index contributed by atoms with van der Waals surface area (Å²) in [5, 5.41) is 11.8. The van der Waals surface area contributed by atoms with Gasteiger partial charge in [0.1, 0.15) is 0 Å². The molecule has 2 rings (SSSR count). The second-order valence-corrected chi connectivity index (χ2v) is 4.44. The Kier molecular flexibility index (Phi) is 3.07. The molecule has 0 unspecified atom stereocenters. The highest BCUT2D eigenvalue weighted by molar-refractivity contribution is 9.10. The van der Waals surface area contributed by atoms with Gasteiger partial charge in [0.25, 0.3) is 0 Å². The van der Waals surface area contributed by atoms with Gasteiger partial charge >= 0.3 is 0 Å². The topological polar surface area (TPSA) is 52.9 Å². The molecule has 4 heteroatoms. The van der Waals surface area contributed by atoms with Crippen molar-refractivity contribution in [3.8, 4) is 6.07 Å². The number of carbonyl (C=O) groups excluding carboxylic acids is 1. The van der Waals surface area contributed by atoms with Crippen LogP contribution >= 0.6 is 15.9 Å². The third-order valence-electron chi connectivity index (χ3n) is 2.44. The standard InChI is InChI=1S/C12H9BrN2O/c13-10-4-1-8(2-5-10)12-9(7-14)3-6-11(16)15-12/h1-2,4-5H,3,6H2,(H,15,16). The summed E-state index contributed by atoms with van der Waals surface area (Å²) in [6.07, 6.45) is 0.913. The van der Waals surface area contributed by atoms with Crippen LogP contribution in [0.15, 0.2) is 34.3 Å². The lowest BCUT2D eigenvalue weighted by Crippen LogP contribution is -2.26. The molecule has 1 aliphatic rings. The van der Waals surface area contributed by atoms with Crippen LogP contribution < -0.4 is 5.32 Å². The van der Waals surface area contributed by atoms with Crippen LogP contribution in [0.5, 0.6) is 0 Å². The van der Waals surface area contributed by atoms with E-state index in [0.717, 1.165) is 10.0 Å². The first-order chi connectivity index (χ1) is 7.70. The maximum absolute atomic E-state index is 11.3. The third kappa shape index (κ3) is 2.15. The Morgan fingerprint density at radius 3 is 2.56 bits per heavy atom. The zero-order chi connectivity index (χ0) is 11.5. The Bertz CT molecular complexity index is 497. The predicted octanol–water partition coefficient (Wildman–Crippen LogP) is 2.59. The van der Waals surface area contributed by atoms with Gasteiger partial charge < -0.3 is 5.32 Å². The van der Waals surface area contributed by atoms with Crippen molar-refractivity contribution in [1.82, 2.24) is 5.32 Å². The Morgan fingerprint density at radius 2 is 1.94 bits per heavy atom. The summed E-state index contributed by atoms with van der Waals surface area (Å²) in [7, 11) is 0. The fourth-order valence-electron chi connectivity index (χ4n) is 1.62. The van der Waals surface area contributed by atoms with E-state index in [-0.39, 0.29) is 5.91 Å². The van der Waals surface area contributed by atoms with Crippen molar-refractivity contribution in [2.24, 2.45) is 0 Å². The summed E-state index contributed by atoms with van der Waals surface area (Å²) in [4.78, 5) is 11.3. The Hall–Kier alpha value is -1.60. The molecular formula is C12H9BrN2O. The largest absolute Gasteiger partial charge is 0.325 e. The molecule has 1 aromatic rings. The van der Waals surface area contributed by atoms with E-state index in [1.807, 2.05) is 24.3 Å². The summed E-state index contributed by atoms with van der Waals surface area (Å²) in [6, 6.07) is 9.67. The van der Waals surface area contributed by atoms with Crippen LogP contribution in [0.3, 0.4) is 0 Å². The first kappa shape index (κ1) is 10.9. The van der Waals surface area contributed by atoms with Gasteiger partial charge in [-0.3, -0.25) is 4.79 Å². The number of allylic oxidation sites excluding steroid dienone is 1. The van der Waals surface area contributed by atoms with E-state index >= 15 is 0 Å². The van der Waals surface area contributed by atoms with E-state index in [4.69, 9.17) is 5.26 Å². The quantitative estimate of drug-likeness (QED) is 0.857. The number of halogens is 1. The lowest BCUT2D eigenvalue weighted by atomic mass is 9.99. The number of nitriles is 1. The monoisotopic (exact) mass is 276 g/mol. The zero-order valence-electron chi connectivity index (χ0n) is 8.46.